The average molecular weight is 478 g/mol. The largest absolute Gasteiger partial charge is 0.351 e. The number of anilines is 1. The molecular formula is C25H24FN5O2S. The Bertz CT molecular complexity index is 1300. The molecule has 0 unspecified atom stereocenters. The van der Waals surface area contributed by atoms with Crippen LogP contribution in [0.4, 0.5) is 10.1 Å². The molecule has 2 amide bonds. The van der Waals surface area contributed by atoms with Crippen molar-refractivity contribution in [3.05, 3.63) is 76.7 Å². The van der Waals surface area contributed by atoms with Crippen molar-refractivity contribution < 1.29 is 14.0 Å². The van der Waals surface area contributed by atoms with Crippen LogP contribution < -0.4 is 10.2 Å². The van der Waals surface area contributed by atoms with E-state index in [4.69, 9.17) is 0 Å². The Hall–Kier alpha value is -3.59. The molecule has 0 bridgehead atoms. The Balaban J connectivity index is 1.54. The van der Waals surface area contributed by atoms with Gasteiger partial charge in [0.1, 0.15) is 23.9 Å². The zero-order chi connectivity index (χ0) is 23.5. The van der Waals surface area contributed by atoms with Crippen LogP contribution in [0.15, 0.2) is 66.0 Å². The fraction of sp³-hybridized carbons (Fsp3) is 0.280. The monoisotopic (exact) mass is 477 g/mol. The molecule has 7 nitrogen and oxygen atoms in total. The van der Waals surface area contributed by atoms with Crippen molar-refractivity contribution >= 4 is 39.9 Å². The molecule has 2 aromatic heterocycles. The number of thiophene rings is 1. The van der Waals surface area contributed by atoms with E-state index in [9.17, 15) is 14.0 Å². The third-order valence-corrected chi connectivity index (χ3v) is 7.01. The molecule has 1 atom stereocenters. The summed E-state index contributed by atoms with van der Waals surface area (Å²) in [6, 6.07) is 15.9. The van der Waals surface area contributed by atoms with Gasteiger partial charge >= 0.3 is 0 Å². The van der Waals surface area contributed by atoms with Crippen LogP contribution in [-0.4, -0.2) is 32.9 Å². The number of fused-ring (bicyclic) bond motifs is 1. The van der Waals surface area contributed by atoms with Crippen molar-refractivity contribution in [2.75, 3.05) is 4.90 Å². The smallest absolute Gasteiger partial charge is 0.249 e. The predicted octanol–water partition coefficient (Wildman–Crippen LogP) is 4.47. The maximum absolute atomic E-state index is 14.2. The highest BCUT2D eigenvalue weighted by Crippen LogP contribution is 2.32. The van der Waals surface area contributed by atoms with Gasteiger partial charge in [-0.25, -0.2) is 9.07 Å². The first-order valence-electron chi connectivity index (χ1n) is 11.3. The number of hydrogen-bond acceptors (Lipinski definition) is 5. The molecule has 2 aromatic carbocycles. The summed E-state index contributed by atoms with van der Waals surface area (Å²) in [6.07, 6.45) is 3.98. The third-order valence-electron chi connectivity index (χ3n) is 6.08. The highest BCUT2D eigenvalue weighted by Gasteiger charge is 2.35. The fourth-order valence-electron chi connectivity index (χ4n) is 4.47. The normalized spacial score (nSPS) is 14.9. The summed E-state index contributed by atoms with van der Waals surface area (Å²) in [5, 5.41) is 13.2. The zero-order valence-electron chi connectivity index (χ0n) is 18.4. The minimum absolute atomic E-state index is 0.0821. The van der Waals surface area contributed by atoms with Crippen LogP contribution in [0, 0.1) is 5.82 Å². The molecule has 1 aliphatic rings. The quantitative estimate of drug-likeness (QED) is 0.426. The molecule has 0 radical (unpaired) electrons. The van der Waals surface area contributed by atoms with Gasteiger partial charge in [-0.05, 0) is 54.6 Å². The Kier molecular flexibility index (Phi) is 6.35. The van der Waals surface area contributed by atoms with Gasteiger partial charge in [0.05, 0.1) is 5.52 Å². The molecule has 0 aliphatic heterocycles. The first-order chi connectivity index (χ1) is 16.6. The van der Waals surface area contributed by atoms with E-state index in [1.54, 1.807) is 6.07 Å². The first-order valence-corrected chi connectivity index (χ1v) is 12.2. The minimum atomic E-state index is -0.926. The molecule has 174 valence electrons. The highest BCUT2D eigenvalue weighted by atomic mass is 32.1. The van der Waals surface area contributed by atoms with Gasteiger partial charge in [0.15, 0.2) is 0 Å². The molecule has 9 heteroatoms. The molecule has 1 fully saturated rings. The molecule has 1 saturated carbocycles. The Morgan fingerprint density at radius 3 is 2.71 bits per heavy atom. The van der Waals surface area contributed by atoms with Crippen molar-refractivity contribution in [2.45, 2.75) is 44.3 Å². The van der Waals surface area contributed by atoms with E-state index in [-0.39, 0.29) is 24.4 Å². The van der Waals surface area contributed by atoms with Crippen LogP contribution >= 0.6 is 11.3 Å². The van der Waals surface area contributed by atoms with Crippen LogP contribution in [-0.2, 0) is 16.1 Å². The number of para-hydroxylation sites is 1. The van der Waals surface area contributed by atoms with Gasteiger partial charge in [0.25, 0.3) is 0 Å². The van der Waals surface area contributed by atoms with Crippen LogP contribution in [0.5, 0.6) is 0 Å². The predicted molar refractivity (Wildman–Crippen MR) is 129 cm³/mol. The van der Waals surface area contributed by atoms with Gasteiger partial charge in [-0.1, -0.05) is 42.3 Å². The van der Waals surface area contributed by atoms with E-state index in [2.05, 4.69) is 15.6 Å². The SMILES string of the molecule is O=C(NC1CCCC1)[C@H](c1cccs1)N(C(=O)Cn1nnc2ccccc21)c1cccc(F)c1. The molecule has 2 heterocycles. The molecule has 4 aromatic rings. The van der Waals surface area contributed by atoms with Crippen molar-refractivity contribution in [1.82, 2.24) is 20.3 Å². The van der Waals surface area contributed by atoms with Gasteiger partial charge in [-0.15, -0.1) is 16.4 Å². The number of amides is 2. The van der Waals surface area contributed by atoms with Gasteiger partial charge in [-0.2, -0.15) is 0 Å². The Morgan fingerprint density at radius 2 is 1.94 bits per heavy atom. The molecule has 34 heavy (non-hydrogen) atoms. The van der Waals surface area contributed by atoms with Crippen LogP contribution in [0.3, 0.4) is 0 Å². The second-order valence-corrected chi connectivity index (χ2v) is 9.37. The van der Waals surface area contributed by atoms with Crippen molar-refractivity contribution in [1.29, 1.82) is 0 Å². The first kappa shape index (κ1) is 22.2. The lowest BCUT2D eigenvalue weighted by atomic mass is 10.1. The number of halogens is 1. The van der Waals surface area contributed by atoms with E-state index in [1.165, 1.54) is 39.1 Å². The molecule has 1 aliphatic carbocycles. The maximum atomic E-state index is 14.2. The summed E-state index contributed by atoms with van der Waals surface area (Å²) in [7, 11) is 0. The second kappa shape index (κ2) is 9.72. The minimum Gasteiger partial charge on any atom is -0.351 e. The van der Waals surface area contributed by atoms with E-state index in [1.807, 2.05) is 41.8 Å². The number of carbonyl (C=O) groups is 2. The average Bonchev–Trinajstić information content (AvgIpc) is 3.60. The maximum Gasteiger partial charge on any atom is 0.249 e. The molecular weight excluding hydrogens is 453 g/mol. The van der Waals surface area contributed by atoms with Crippen LogP contribution in [0.2, 0.25) is 0 Å². The topological polar surface area (TPSA) is 80.1 Å². The van der Waals surface area contributed by atoms with E-state index < -0.39 is 11.9 Å². The number of nitrogens with one attached hydrogen (secondary N) is 1. The molecule has 0 saturated heterocycles. The zero-order valence-corrected chi connectivity index (χ0v) is 19.2. The summed E-state index contributed by atoms with van der Waals surface area (Å²) in [5.41, 5.74) is 1.69. The Labute approximate surface area is 200 Å². The van der Waals surface area contributed by atoms with Crippen molar-refractivity contribution in [3.63, 3.8) is 0 Å². The summed E-state index contributed by atoms with van der Waals surface area (Å²) in [5.74, 6) is -1.14. The highest BCUT2D eigenvalue weighted by molar-refractivity contribution is 7.10. The number of hydrogen-bond donors (Lipinski definition) is 1. The lowest BCUT2D eigenvalue weighted by Gasteiger charge is -2.31. The van der Waals surface area contributed by atoms with E-state index >= 15 is 0 Å². The van der Waals surface area contributed by atoms with E-state index in [0.717, 1.165) is 25.7 Å². The molecule has 1 N–H and O–H groups in total. The second-order valence-electron chi connectivity index (χ2n) is 8.39. The van der Waals surface area contributed by atoms with Crippen LogP contribution in [0.1, 0.15) is 36.6 Å². The summed E-state index contributed by atoms with van der Waals surface area (Å²) in [4.78, 5) is 29.5. The van der Waals surface area contributed by atoms with Crippen LogP contribution in [0.25, 0.3) is 11.0 Å². The van der Waals surface area contributed by atoms with Gasteiger partial charge in [0, 0.05) is 16.6 Å². The van der Waals surface area contributed by atoms with Crippen molar-refractivity contribution in [2.24, 2.45) is 0 Å². The summed E-state index contributed by atoms with van der Waals surface area (Å²) < 4.78 is 15.8. The van der Waals surface area contributed by atoms with Gasteiger partial charge < -0.3 is 5.32 Å². The number of benzene rings is 2. The standard InChI is InChI=1S/C25H24FN5O2S/c26-17-7-5-10-19(15-17)31(23(32)16-30-21-12-4-3-11-20(21)28-29-30)24(22-13-6-14-34-22)25(33)27-18-8-1-2-9-18/h3-7,10-15,18,24H,1-2,8-9,16H2,(H,27,33)/t24-/m0/s1. The summed E-state index contributed by atoms with van der Waals surface area (Å²) in [6.45, 7) is -0.143. The number of aromatic nitrogens is 3. The molecule has 0 spiro atoms. The van der Waals surface area contributed by atoms with Gasteiger partial charge in [0.2, 0.25) is 11.8 Å². The number of nitrogens with zero attached hydrogens (tertiary/aromatic N) is 4. The van der Waals surface area contributed by atoms with E-state index in [0.29, 0.717) is 21.6 Å². The fourth-order valence-corrected chi connectivity index (χ4v) is 5.29. The lowest BCUT2D eigenvalue weighted by molar-refractivity contribution is -0.127. The van der Waals surface area contributed by atoms with Crippen molar-refractivity contribution in [3.8, 4) is 0 Å². The number of rotatable bonds is 7. The molecule has 5 rings (SSSR count). The van der Waals surface area contributed by atoms with Gasteiger partial charge in [-0.3, -0.25) is 14.5 Å². The number of carbonyl (C=O) groups excluding carboxylic acids is 2. The summed E-state index contributed by atoms with van der Waals surface area (Å²) >= 11 is 1.39. The third kappa shape index (κ3) is 4.56. The Morgan fingerprint density at radius 1 is 1.12 bits per heavy atom. The lowest BCUT2D eigenvalue weighted by Crippen LogP contribution is -2.47.